The van der Waals surface area contributed by atoms with E-state index in [0.717, 1.165) is 5.69 Å². The fourth-order valence-corrected chi connectivity index (χ4v) is 1.78. The normalized spacial score (nSPS) is 13.6. The highest BCUT2D eigenvalue weighted by molar-refractivity contribution is 7.89. The maximum atomic E-state index is 10.7. The van der Waals surface area contributed by atoms with Gasteiger partial charge in [0, 0.05) is 24.6 Å². The van der Waals surface area contributed by atoms with Crippen molar-refractivity contribution in [2.45, 2.75) is 19.4 Å². The molecule has 0 aromatic carbocycles. The molecule has 0 saturated heterocycles. The second kappa shape index (κ2) is 5.88. The minimum absolute atomic E-state index is 0.00676. The van der Waals surface area contributed by atoms with Crippen LogP contribution in [0.5, 0.6) is 0 Å². The predicted octanol–water partition coefficient (Wildman–Crippen LogP) is -0.194. The quantitative estimate of drug-likeness (QED) is 0.676. The van der Waals surface area contributed by atoms with Gasteiger partial charge in [0.2, 0.25) is 10.0 Å². The third-order valence-electron chi connectivity index (χ3n) is 2.08. The van der Waals surface area contributed by atoms with Crippen molar-refractivity contribution in [3.8, 4) is 0 Å². The van der Waals surface area contributed by atoms with Crippen LogP contribution < -0.4 is 10.5 Å². The molecule has 1 aromatic rings. The Bertz CT molecular complexity index is 407. The van der Waals surface area contributed by atoms with Gasteiger partial charge in [0.1, 0.15) is 0 Å². The molecule has 0 amide bonds. The van der Waals surface area contributed by atoms with Crippen LogP contribution in [0.4, 0.5) is 0 Å². The summed E-state index contributed by atoms with van der Waals surface area (Å²) in [6.45, 7) is 2.52. The summed E-state index contributed by atoms with van der Waals surface area (Å²) in [5.74, 6) is -0.00676. The Morgan fingerprint density at radius 3 is 2.81 bits per heavy atom. The summed E-state index contributed by atoms with van der Waals surface area (Å²) in [6, 6.07) is 0.0502. The minimum atomic E-state index is -3.35. The van der Waals surface area contributed by atoms with Crippen LogP contribution in [0, 0.1) is 0 Å². The highest BCUT2D eigenvalue weighted by Gasteiger charge is 2.06. The summed E-state index contributed by atoms with van der Waals surface area (Å²) >= 11 is 0. The minimum Gasteiger partial charge on any atom is -0.309 e. The predicted molar refractivity (Wildman–Crippen MR) is 61.0 cm³/mol. The van der Waals surface area contributed by atoms with Crippen molar-refractivity contribution < 1.29 is 8.42 Å². The molecule has 90 valence electrons. The van der Waals surface area contributed by atoms with Gasteiger partial charge in [-0.05, 0) is 19.9 Å². The molecule has 0 aliphatic rings. The lowest BCUT2D eigenvalue weighted by Crippen LogP contribution is -2.24. The molecule has 16 heavy (non-hydrogen) atoms. The van der Waals surface area contributed by atoms with Gasteiger partial charge in [0.25, 0.3) is 0 Å². The average Bonchev–Trinajstić information content (AvgIpc) is 2.24. The first-order chi connectivity index (χ1) is 7.49. The third-order valence-corrected chi connectivity index (χ3v) is 2.94. The Balaban J connectivity index is 2.29. The van der Waals surface area contributed by atoms with Gasteiger partial charge in [-0.25, -0.2) is 13.6 Å². The molecule has 0 aliphatic heterocycles. The molecule has 0 radical (unpaired) electrons. The Kier molecular flexibility index (Phi) is 4.78. The SMILES string of the molecule is CC(NCCCS(N)(=O)=O)c1cnccn1. The zero-order valence-electron chi connectivity index (χ0n) is 9.13. The topological polar surface area (TPSA) is 98.0 Å². The van der Waals surface area contributed by atoms with Gasteiger partial charge in [-0.2, -0.15) is 0 Å². The van der Waals surface area contributed by atoms with Gasteiger partial charge >= 0.3 is 0 Å². The summed E-state index contributed by atoms with van der Waals surface area (Å²) in [5.41, 5.74) is 0.832. The molecule has 0 spiro atoms. The fraction of sp³-hybridized carbons (Fsp3) is 0.556. The molecule has 0 saturated carbocycles. The Hall–Kier alpha value is -1.05. The van der Waals surface area contributed by atoms with Crippen LogP contribution in [0.1, 0.15) is 25.1 Å². The highest BCUT2D eigenvalue weighted by atomic mass is 32.2. The van der Waals surface area contributed by atoms with E-state index in [1.807, 2.05) is 6.92 Å². The van der Waals surface area contributed by atoms with E-state index in [0.29, 0.717) is 13.0 Å². The number of sulfonamides is 1. The summed E-state index contributed by atoms with van der Waals surface area (Å²) in [5, 5.41) is 8.03. The zero-order chi connectivity index (χ0) is 12.0. The van der Waals surface area contributed by atoms with Crippen molar-refractivity contribution in [3.63, 3.8) is 0 Å². The van der Waals surface area contributed by atoms with Crippen molar-refractivity contribution in [1.29, 1.82) is 0 Å². The van der Waals surface area contributed by atoms with E-state index < -0.39 is 10.0 Å². The molecule has 6 nitrogen and oxygen atoms in total. The average molecular weight is 244 g/mol. The smallest absolute Gasteiger partial charge is 0.209 e. The number of primary sulfonamides is 1. The van der Waals surface area contributed by atoms with Gasteiger partial charge in [0.15, 0.2) is 0 Å². The number of hydrogen-bond acceptors (Lipinski definition) is 5. The molecule has 1 unspecified atom stereocenters. The van der Waals surface area contributed by atoms with E-state index in [1.54, 1.807) is 18.6 Å². The molecule has 0 aliphatic carbocycles. The lowest BCUT2D eigenvalue weighted by atomic mass is 10.2. The number of hydrogen-bond donors (Lipinski definition) is 2. The summed E-state index contributed by atoms with van der Waals surface area (Å²) < 4.78 is 21.3. The largest absolute Gasteiger partial charge is 0.309 e. The van der Waals surface area contributed by atoms with E-state index in [4.69, 9.17) is 5.14 Å². The van der Waals surface area contributed by atoms with Gasteiger partial charge < -0.3 is 5.32 Å². The second-order valence-corrected chi connectivity index (χ2v) is 5.26. The van der Waals surface area contributed by atoms with E-state index in [-0.39, 0.29) is 11.8 Å². The number of nitrogens with one attached hydrogen (secondary N) is 1. The Morgan fingerprint density at radius 2 is 2.25 bits per heavy atom. The first-order valence-corrected chi connectivity index (χ1v) is 6.70. The monoisotopic (exact) mass is 244 g/mol. The van der Waals surface area contributed by atoms with E-state index in [1.165, 1.54) is 0 Å². The van der Waals surface area contributed by atoms with Crippen LogP contribution in [0.3, 0.4) is 0 Å². The van der Waals surface area contributed by atoms with Gasteiger partial charge in [-0.15, -0.1) is 0 Å². The van der Waals surface area contributed by atoms with Gasteiger partial charge in [-0.3, -0.25) is 9.97 Å². The third kappa shape index (κ3) is 5.15. The van der Waals surface area contributed by atoms with Crippen LogP contribution >= 0.6 is 0 Å². The van der Waals surface area contributed by atoms with Crippen LogP contribution in [-0.4, -0.2) is 30.7 Å². The summed E-state index contributed by atoms with van der Waals surface area (Å²) in [7, 11) is -3.35. The molecular weight excluding hydrogens is 228 g/mol. The van der Waals surface area contributed by atoms with Crippen molar-refractivity contribution in [2.75, 3.05) is 12.3 Å². The second-order valence-electron chi connectivity index (χ2n) is 3.53. The van der Waals surface area contributed by atoms with Gasteiger partial charge in [0.05, 0.1) is 11.4 Å². The number of aromatic nitrogens is 2. The van der Waals surface area contributed by atoms with Crippen molar-refractivity contribution in [3.05, 3.63) is 24.3 Å². The Labute approximate surface area is 95.3 Å². The van der Waals surface area contributed by atoms with Crippen LogP contribution in [0.2, 0.25) is 0 Å². The molecule has 0 fully saturated rings. The maximum absolute atomic E-state index is 10.7. The number of nitrogens with zero attached hydrogens (tertiary/aromatic N) is 2. The molecule has 1 aromatic heterocycles. The van der Waals surface area contributed by atoms with E-state index >= 15 is 0 Å². The molecule has 7 heteroatoms. The van der Waals surface area contributed by atoms with Crippen molar-refractivity contribution in [1.82, 2.24) is 15.3 Å². The van der Waals surface area contributed by atoms with E-state index in [9.17, 15) is 8.42 Å². The molecule has 1 rings (SSSR count). The zero-order valence-corrected chi connectivity index (χ0v) is 9.94. The fourth-order valence-electron chi connectivity index (χ4n) is 1.23. The Morgan fingerprint density at radius 1 is 1.50 bits per heavy atom. The molecular formula is C9H16N4O2S. The van der Waals surface area contributed by atoms with E-state index in [2.05, 4.69) is 15.3 Å². The lowest BCUT2D eigenvalue weighted by Gasteiger charge is -2.12. The summed E-state index contributed by atoms with van der Waals surface area (Å²) in [4.78, 5) is 8.09. The standard InChI is InChI=1S/C9H16N4O2S/c1-8(9-7-11-4-5-13-9)12-3-2-6-16(10,14)15/h4-5,7-8,12H,2-3,6H2,1H3,(H2,10,14,15). The first-order valence-electron chi connectivity index (χ1n) is 4.99. The van der Waals surface area contributed by atoms with Crippen LogP contribution in [0.25, 0.3) is 0 Å². The number of rotatable bonds is 6. The summed E-state index contributed by atoms with van der Waals surface area (Å²) in [6.07, 6.45) is 5.40. The van der Waals surface area contributed by atoms with Crippen LogP contribution in [-0.2, 0) is 10.0 Å². The van der Waals surface area contributed by atoms with Gasteiger partial charge in [-0.1, -0.05) is 0 Å². The van der Waals surface area contributed by atoms with Crippen molar-refractivity contribution in [2.24, 2.45) is 5.14 Å². The molecule has 3 N–H and O–H groups in total. The molecule has 1 atom stereocenters. The van der Waals surface area contributed by atoms with Crippen molar-refractivity contribution >= 4 is 10.0 Å². The first kappa shape index (κ1) is 13.0. The number of nitrogens with two attached hydrogens (primary N) is 1. The highest BCUT2D eigenvalue weighted by Crippen LogP contribution is 2.05. The lowest BCUT2D eigenvalue weighted by molar-refractivity contribution is 0.550. The molecule has 0 bridgehead atoms. The molecule has 1 heterocycles. The maximum Gasteiger partial charge on any atom is 0.209 e. The van der Waals surface area contributed by atoms with Crippen LogP contribution in [0.15, 0.2) is 18.6 Å².